The van der Waals surface area contributed by atoms with Crippen molar-refractivity contribution < 1.29 is 10.2 Å². The van der Waals surface area contributed by atoms with Crippen molar-refractivity contribution in [3.8, 4) is 0 Å². The van der Waals surface area contributed by atoms with Crippen LogP contribution in [0.2, 0.25) is 0 Å². The Balaban J connectivity index is 2.37. The number of hydrogen-bond acceptors (Lipinski definition) is 6. The molecule has 0 unspecified atom stereocenters. The number of nitrogens with two attached hydrogens (primary N) is 1. The summed E-state index contributed by atoms with van der Waals surface area (Å²) in [6.45, 7) is 0.532. The Hall–Kier alpha value is -1.77. The molecule has 0 saturated heterocycles. The smallest absolute Gasteiger partial charge is 0.260 e. The molecule has 0 aliphatic rings. The minimum atomic E-state index is -0.139. The van der Waals surface area contributed by atoms with Crippen LogP contribution in [0.3, 0.4) is 0 Å². The van der Waals surface area contributed by atoms with E-state index in [-0.39, 0.29) is 25.1 Å². The van der Waals surface area contributed by atoms with Gasteiger partial charge in [0.15, 0.2) is 11.2 Å². The Morgan fingerprint density at radius 3 is 2.48 bits per heavy atom. The first-order chi connectivity index (χ1) is 9.86. The number of quaternary nitrogens is 1. The SMILES string of the molecule is C[N+](C)(C)c1nc(N)nc2c1ncn2CCC(CO)CO. The van der Waals surface area contributed by atoms with Crippen molar-refractivity contribution in [2.45, 2.75) is 13.0 Å². The summed E-state index contributed by atoms with van der Waals surface area (Å²) in [6, 6.07) is 0. The maximum absolute atomic E-state index is 9.13. The topological polar surface area (TPSA) is 110 Å². The predicted octanol–water partition coefficient (Wildman–Crippen LogP) is -0.404. The summed E-state index contributed by atoms with van der Waals surface area (Å²) in [6.07, 6.45) is 2.34. The van der Waals surface area contributed by atoms with Gasteiger partial charge in [-0.3, -0.25) is 4.48 Å². The van der Waals surface area contributed by atoms with Gasteiger partial charge in [0.05, 0.1) is 27.5 Å². The molecule has 0 aromatic carbocycles. The largest absolute Gasteiger partial charge is 0.396 e. The lowest BCUT2D eigenvalue weighted by Gasteiger charge is -2.22. The zero-order valence-corrected chi connectivity index (χ0v) is 12.7. The first-order valence-corrected chi connectivity index (χ1v) is 6.89. The van der Waals surface area contributed by atoms with E-state index in [1.165, 1.54) is 0 Å². The number of aliphatic hydroxyl groups is 2. The molecule has 8 heteroatoms. The van der Waals surface area contributed by atoms with Gasteiger partial charge in [-0.25, -0.2) is 4.98 Å². The highest BCUT2D eigenvalue weighted by Crippen LogP contribution is 2.25. The van der Waals surface area contributed by atoms with E-state index in [0.717, 1.165) is 11.3 Å². The molecule has 0 aliphatic carbocycles. The fourth-order valence-corrected chi connectivity index (χ4v) is 2.14. The molecule has 0 aliphatic heterocycles. The van der Waals surface area contributed by atoms with Gasteiger partial charge in [0.25, 0.3) is 5.82 Å². The molecule has 8 nitrogen and oxygen atoms in total. The summed E-state index contributed by atoms with van der Waals surface area (Å²) in [4.78, 5) is 13.0. The highest BCUT2D eigenvalue weighted by molar-refractivity contribution is 5.83. The van der Waals surface area contributed by atoms with E-state index in [4.69, 9.17) is 15.9 Å². The van der Waals surface area contributed by atoms with E-state index >= 15 is 0 Å². The number of hydrogen-bond donors (Lipinski definition) is 3. The highest BCUT2D eigenvalue weighted by atomic mass is 16.3. The third-order valence-electron chi connectivity index (χ3n) is 3.39. The van der Waals surface area contributed by atoms with Gasteiger partial charge < -0.3 is 20.5 Å². The average molecular weight is 295 g/mol. The number of nitrogen functional groups attached to an aromatic ring is 1. The second-order valence-electron chi connectivity index (χ2n) is 6.05. The molecule has 0 spiro atoms. The van der Waals surface area contributed by atoms with Crippen molar-refractivity contribution in [2.24, 2.45) is 5.92 Å². The minimum absolute atomic E-state index is 0.0373. The maximum atomic E-state index is 9.13. The van der Waals surface area contributed by atoms with Crippen LogP contribution in [0.5, 0.6) is 0 Å². The van der Waals surface area contributed by atoms with E-state index in [2.05, 4.69) is 15.0 Å². The Bertz CT molecular complexity index is 615. The summed E-state index contributed by atoms with van der Waals surface area (Å²) in [5.74, 6) is 0.838. The second-order valence-corrected chi connectivity index (χ2v) is 6.05. The standard InChI is InChI=1S/C13H23N6O2/c1-19(2,3)12-10-11(16-13(14)17-12)18(8-15-10)5-4-9(6-20)7-21/h8-9,20-21H,4-7H2,1-3H3,(H2,14,16,17)/q+1. The van der Waals surface area contributed by atoms with Crippen molar-refractivity contribution in [3.63, 3.8) is 0 Å². The van der Waals surface area contributed by atoms with Gasteiger partial charge in [0.2, 0.25) is 5.95 Å². The summed E-state index contributed by atoms with van der Waals surface area (Å²) in [5.41, 5.74) is 7.21. The first kappa shape index (κ1) is 15.6. The quantitative estimate of drug-likeness (QED) is 0.625. The molecule has 4 N–H and O–H groups in total. The first-order valence-electron chi connectivity index (χ1n) is 6.89. The zero-order valence-electron chi connectivity index (χ0n) is 12.7. The highest BCUT2D eigenvalue weighted by Gasteiger charge is 2.23. The fourth-order valence-electron chi connectivity index (χ4n) is 2.14. The molecule has 21 heavy (non-hydrogen) atoms. The third-order valence-corrected chi connectivity index (χ3v) is 3.39. The number of fused-ring (bicyclic) bond motifs is 1. The Kier molecular flexibility index (Phi) is 4.40. The number of aliphatic hydroxyl groups excluding tert-OH is 2. The number of anilines is 1. The minimum Gasteiger partial charge on any atom is -0.396 e. The normalized spacial score (nSPS) is 12.5. The van der Waals surface area contributed by atoms with Crippen molar-refractivity contribution >= 4 is 22.9 Å². The van der Waals surface area contributed by atoms with E-state index in [0.29, 0.717) is 23.1 Å². The number of imidazole rings is 1. The van der Waals surface area contributed by atoms with Gasteiger partial charge in [-0.1, -0.05) is 0 Å². The molecular weight excluding hydrogens is 272 g/mol. The molecule has 2 rings (SSSR count). The zero-order chi connectivity index (χ0) is 15.6. The van der Waals surface area contributed by atoms with Crippen LogP contribution in [0.4, 0.5) is 11.8 Å². The number of aryl methyl sites for hydroxylation is 1. The van der Waals surface area contributed by atoms with E-state index < -0.39 is 0 Å². The molecule has 2 aromatic rings. The van der Waals surface area contributed by atoms with Gasteiger partial charge in [-0.05, 0) is 6.42 Å². The van der Waals surface area contributed by atoms with Crippen LogP contribution < -0.4 is 10.2 Å². The summed E-state index contributed by atoms with van der Waals surface area (Å²) < 4.78 is 2.38. The van der Waals surface area contributed by atoms with E-state index in [1.54, 1.807) is 6.33 Å². The van der Waals surface area contributed by atoms with Crippen LogP contribution in [0, 0.1) is 5.92 Å². The van der Waals surface area contributed by atoms with Crippen molar-refractivity contribution in [1.82, 2.24) is 24.0 Å². The molecule has 0 atom stereocenters. The monoisotopic (exact) mass is 295 g/mol. The Morgan fingerprint density at radius 2 is 1.90 bits per heavy atom. The number of nitrogens with zero attached hydrogens (tertiary/aromatic N) is 5. The van der Waals surface area contributed by atoms with Crippen molar-refractivity contribution in [3.05, 3.63) is 6.33 Å². The van der Waals surface area contributed by atoms with Crippen LogP contribution in [0.1, 0.15) is 6.42 Å². The molecule has 2 heterocycles. The molecule has 116 valence electrons. The number of aromatic nitrogens is 4. The van der Waals surface area contributed by atoms with Crippen LogP contribution in [0.25, 0.3) is 11.2 Å². The Labute approximate surface area is 123 Å². The molecule has 0 amide bonds. The average Bonchev–Trinajstić information content (AvgIpc) is 2.81. The second kappa shape index (κ2) is 5.92. The third kappa shape index (κ3) is 3.29. The molecule has 0 fully saturated rings. The molecule has 0 saturated carbocycles. The van der Waals surface area contributed by atoms with E-state index in [1.807, 2.05) is 25.7 Å². The van der Waals surface area contributed by atoms with Crippen LogP contribution in [-0.2, 0) is 6.54 Å². The van der Waals surface area contributed by atoms with Crippen LogP contribution in [-0.4, -0.2) is 64.1 Å². The number of rotatable bonds is 6. The van der Waals surface area contributed by atoms with Crippen LogP contribution in [0.15, 0.2) is 6.33 Å². The molecule has 0 bridgehead atoms. The van der Waals surface area contributed by atoms with Gasteiger partial charge in [0, 0.05) is 25.7 Å². The lowest BCUT2D eigenvalue weighted by atomic mass is 10.1. The van der Waals surface area contributed by atoms with Gasteiger partial charge in [0.1, 0.15) is 0 Å². The molecule has 2 aromatic heterocycles. The van der Waals surface area contributed by atoms with Gasteiger partial charge >= 0.3 is 0 Å². The van der Waals surface area contributed by atoms with Crippen LogP contribution >= 0.6 is 0 Å². The van der Waals surface area contributed by atoms with Crippen molar-refractivity contribution in [1.29, 1.82) is 0 Å². The summed E-state index contributed by atoms with van der Waals surface area (Å²) in [7, 11) is 5.98. The molecule has 0 radical (unpaired) electrons. The van der Waals surface area contributed by atoms with E-state index in [9.17, 15) is 0 Å². The molecular formula is C13H23N6O2+. The predicted molar refractivity (Wildman–Crippen MR) is 81.6 cm³/mol. The summed E-state index contributed by atoms with van der Waals surface area (Å²) >= 11 is 0. The Morgan fingerprint density at radius 1 is 1.24 bits per heavy atom. The fraction of sp³-hybridized carbons (Fsp3) is 0.615. The summed E-state index contributed by atoms with van der Waals surface area (Å²) in [5, 5.41) is 18.3. The lowest BCUT2D eigenvalue weighted by molar-refractivity contribution is 0.140. The van der Waals surface area contributed by atoms with Gasteiger partial charge in [-0.2, -0.15) is 9.97 Å². The lowest BCUT2D eigenvalue weighted by Crippen LogP contribution is -2.36. The van der Waals surface area contributed by atoms with Gasteiger partial charge in [-0.15, -0.1) is 0 Å². The maximum Gasteiger partial charge on any atom is 0.260 e. The van der Waals surface area contributed by atoms with Crippen molar-refractivity contribution in [2.75, 3.05) is 40.1 Å².